The van der Waals surface area contributed by atoms with E-state index in [1.807, 2.05) is 32.9 Å². The summed E-state index contributed by atoms with van der Waals surface area (Å²) in [5.41, 5.74) is 3.90. The van der Waals surface area contributed by atoms with Crippen LogP contribution in [0.2, 0.25) is 0 Å². The van der Waals surface area contributed by atoms with Crippen molar-refractivity contribution in [2.24, 2.45) is 0 Å². The summed E-state index contributed by atoms with van der Waals surface area (Å²) in [4.78, 5) is 16.9. The second-order valence-electron chi connectivity index (χ2n) is 7.00. The molecule has 6 heteroatoms. The summed E-state index contributed by atoms with van der Waals surface area (Å²) in [5.74, 6) is 1.25. The van der Waals surface area contributed by atoms with Crippen LogP contribution in [0.15, 0.2) is 42.5 Å². The van der Waals surface area contributed by atoms with Crippen LogP contribution in [0.3, 0.4) is 0 Å². The number of rotatable bonds is 7. The van der Waals surface area contributed by atoms with Crippen LogP contribution in [0.4, 0.5) is 0 Å². The predicted molar refractivity (Wildman–Crippen MR) is 112 cm³/mol. The average Bonchev–Trinajstić information content (AvgIpc) is 3.12. The highest BCUT2D eigenvalue weighted by atomic mass is 32.1. The first-order valence-electron chi connectivity index (χ1n) is 9.42. The van der Waals surface area contributed by atoms with Gasteiger partial charge in [-0.3, -0.25) is 4.79 Å². The third-order valence-corrected chi connectivity index (χ3v) is 5.20. The van der Waals surface area contributed by atoms with E-state index in [0.29, 0.717) is 22.9 Å². The van der Waals surface area contributed by atoms with Crippen LogP contribution < -0.4 is 10.1 Å². The lowest BCUT2D eigenvalue weighted by Gasteiger charge is -2.12. The van der Waals surface area contributed by atoms with Gasteiger partial charge >= 0.3 is 0 Å². The van der Waals surface area contributed by atoms with E-state index in [0.717, 1.165) is 23.4 Å². The molecule has 1 N–H and O–H groups in total. The van der Waals surface area contributed by atoms with E-state index in [9.17, 15) is 4.79 Å². The normalized spacial score (nSPS) is 11.9. The summed E-state index contributed by atoms with van der Waals surface area (Å²) in [7, 11) is 0. The van der Waals surface area contributed by atoms with Crippen LogP contribution in [-0.4, -0.2) is 21.3 Å². The topological polar surface area (TPSA) is 64.1 Å². The van der Waals surface area contributed by atoms with Crippen molar-refractivity contribution in [3.05, 3.63) is 70.5 Å². The summed E-state index contributed by atoms with van der Waals surface area (Å²) in [6.45, 7) is 8.04. The third-order valence-electron chi connectivity index (χ3n) is 4.57. The van der Waals surface area contributed by atoms with Crippen LogP contribution in [0, 0.1) is 13.8 Å². The Morgan fingerprint density at radius 3 is 2.64 bits per heavy atom. The number of benzene rings is 2. The quantitative estimate of drug-likeness (QED) is 0.607. The zero-order valence-electron chi connectivity index (χ0n) is 16.7. The van der Waals surface area contributed by atoms with Gasteiger partial charge in [0.25, 0.3) is 11.1 Å². The molecule has 3 aromatic rings. The number of aromatic nitrogens is 2. The van der Waals surface area contributed by atoms with E-state index in [4.69, 9.17) is 4.74 Å². The van der Waals surface area contributed by atoms with E-state index in [1.165, 1.54) is 17.1 Å². The van der Waals surface area contributed by atoms with Gasteiger partial charge in [-0.15, -0.1) is 0 Å². The van der Waals surface area contributed by atoms with E-state index in [2.05, 4.69) is 45.9 Å². The zero-order chi connectivity index (χ0) is 20.1. The van der Waals surface area contributed by atoms with Crippen molar-refractivity contribution in [3.8, 4) is 10.9 Å². The van der Waals surface area contributed by atoms with Crippen molar-refractivity contribution < 1.29 is 9.53 Å². The maximum absolute atomic E-state index is 12.4. The number of amides is 1. The first-order valence-corrected chi connectivity index (χ1v) is 10.2. The fourth-order valence-electron chi connectivity index (χ4n) is 2.59. The van der Waals surface area contributed by atoms with Crippen molar-refractivity contribution in [2.75, 3.05) is 0 Å². The molecule has 28 heavy (non-hydrogen) atoms. The van der Waals surface area contributed by atoms with Crippen molar-refractivity contribution in [1.29, 1.82) is 0 Å². The lowest BCUT2D eigenvalue weighted by molar-refractivity contribution is 0.0939. The molecule has 0 fully saturated rings. The molecule has 0 aliphatic rings. The Hall–Kier alpha value is -2.73. The molecule has 0 spiro atoms. The molecule has 0 unspecified atom stereocenters. The minimum absolute atomic E-state index is 0.100. The average molecular weight is 396 g/mol. The first-order chi connectivity index (χ1) is 13.4. The van der Waals surface area contributed by atoms with Crippen molar-refractivity contribution in [3.63, 3.8) is 0 Å². The maximum Gasteiger partial charge on any atom is 0.298 e. The minimum Gasteiger partial charge on any atom is -0.430 e. The number of ether oxygens (including phenoxy) is 1. The Bertz CT molecular complexity index is 951. The maximum atomic E-state index is 12.4. The molecule has 146 valence electrons. The standard InChI is InChI=1S/C22H25N3O2S/c1-5-16(4)23-21(26)18-11-8-15(3)19(13-18)27-22-24-20(25-28-22)12-17-9-6-14(2)7-10-17/h6-11,13,16H,5,12H2,1-4H3,(H,23,26)/t16-/m0/s1. The lowest BCUT2D eigenvalue weighted by atomic mass is 10.1. The molecule has 0 saturated carbocycles. The zero-order valence-corrected chi connectivity index (χ0v) is 17.5. The van der Waals surface area contributed by atoms with Crippen molar-refractivity contribution in [2.45, 2.75) is 46.6 Å². The molecule has 0 radical (unpaired) electrons. The van der Waals surface area contributed by atoms with Gasteiger partial charge < -0.3 is 10.1 Å². The molecule has 3 rings (SSSR count). The number of carbonyl (C=O) groups is 1. The number of carbonyl (C=O) groups excluding carboxylic acids is 1. The van der Waals surface area contributed by atoms with E-state index in [-0.39, 0.29) is 11.9 Å². The molecule has 0 bridgehead atoms. The summed E-state index contributed by atoms with van der Waals surface area (Å²) in [5, 5.41) is 3.45. The van der Waals surface area contributed by atoms with E-state index in [1.54, 1.807) is 6.07 Å². The van der Waals surface area contributed by atoms with E-state index < -0.39 is 0 Å². The number of hydrogen-bond acceptors (Lipinski definition) is 5. The fourth-order valence-corrected chi connectivity index (χ4v) is 3.16. The third kappa shape index (κ3) is 5.16. The van der Waals surface area contributed by atoms with E-state index >= 15 is 0 Å². The number of nitrogens with one attached hydrogen (secondary N) is 1. The van der Waals surface area contributed by atoms with Gasteiger partial charge in [0, 0.05) is 29.6 Å². The lowest BCUT2D eigenvalue weighted by Crippen LogP contribution is -2.31. The molecule has 0 aliphatic carbocycles. The first kappa shape index (κ1) is 20.0. The highest BCUT2D eigenvalue weighted by Crippen LogP contribution is 2.28. The molecule has 0 aliphatic heterocycles. The monoisotopic (exact) mass is 395 g/mol. The fraction of sp³-hybridized carbons (Fsp3) is 0.318. The van der Waals surface area contributed by atoms with Gasteiger partial charge in [0.15, 0.2) is 5.82 Å². The Kier molecular flexibility index (Phi) is 6.41. The van der Waals surface area contributed by atoms with Gasteiger partial charge in [-0.25, -0.2) is 0 Å². The summed E-state index contributed by atoms with van der Waals surface area (Å²) in [6, 6.07) is 13.9. The van der Waals surface area contributed by atoms with Crippen LogP contribution in [0.1, 0.15) is 53.1 Å². The second-order valence-corrected chi connectivity index (χ2v) is 7.72. The number of hydrogen-bond donors (Lipinski definition) is 1. The highest BCUT2D eigenvalue weighted by Gasteiger charge is 2.13. The Morgan fingerprint density at radius 1 is 1.18 bits per heavy atom. The molecule has 0 saturated heterocycles. The van der Waals surface area contributed by atoms with Gasteiger partial charge in [0.05, 0.1) is 0 Å². The van der Waals surface area contributed by atoms with Crippen LogP contribution in [0.5, 0.6) is 10.9 Å². The predicted octanol–water partition coefficient (Wildman–Crippen LogP) is 5.07. The summed E-state index contributed by atoms with van der Waals surface area (Å²) < 4.78 is 10.3. The second kappa shape index (κ2) is 8.97. The molecule has 1 heterocycles. The SMILES string of the molecule is CC[C@H](C)NC(=O)c1ccc(C)c(Oc2nc(Cc3ccc(C)cc3)ns2)c1. The van der Waals surface area contributed by atoms with Gasteiger partial charge in [0.2, 0.25) is 0 Å². The van der Waals surface area contributed by atoms with Crippen molar-refractivity contribution in [1.82, 2.24) is 14.7 Å². The Labute approximate surface area is 170 Å². The molecule has 2 aromatic carbocycles. The van der Waals surface area contributed by atoms with Crippen molar-refractivity contribution >= 4 is 17.4 Å². The van der Waals surface area contributed by atoms with Gasteiger partial charge in [-0.2, -0.15) is 9.36 Å². The molecule has 1 amide bonds. The van der Waals surface area contributed by atoms with Gasteiger partial charge in [-0.05, 0) is 50.5 Å². The number of nitrogens with zero attached hydrogens (tertiary/aromatic N) is 2. The molecule has 5 nitrogen and oxygen atoms in total. The molecule has 1 aromatic heterocycles. The minimum atomic E-state index is -0.100. The largest absolute Gasteiger partial charge is 0.430 e. The molecular weight excluding hydrogens is 370 g/mol. The summed E-state index contributed by atoms with van der Waals surface area (Å²) in [6.07, 6.45) is 1.55. The Morgan fingerprint density at radius 2 is 1.93 bits per heavy atom. The molecule has 1 atom stereocenters. The Balaban J connectivity index is 1.71. The van der Waals surface area contributed by atoms with Gasteiger partial charge in [-0.1, -0.05) is 42.8 Å². The van der Waals surface area contributed by atoms with Crippen LogP contribution in [0.25, 0.3) is 0 Å². The molecular formula is C22H25N3O2S. The van der Waals surface area contributed by atoms with Crippen LogP contribution >= 0.6 is 11.5 Å². The smallest absolute Gasteiger partial charge is 0.298 e. The van der Waals surface area contributed by atoms with Crippen LogP contribution in [-0.2, 0) is 6.42 Å². The van der Waals surface area contributed by atoms with Gasteiger partial charge in [0.1, 0.15) is 5.75 Å². The summed E-state index contributed by atoms with van der Waals surface area (Å²) >= 11 is 1.22. The highest BCUT2D eigenvalue weighted by molar-refractivity contribution is 7.07. The number of aryl methyl sites for hydroxylation is 2.